The number of aromatic nitrogens is 1. The van der Waals surface area contributed by atoms with Gasteiger partial charge in [-0.2, -0.15) is 18.1 Å². The quantitative estimate of drug-likeness (QED) is 0.304. The molecular formula is C25H24ClN3O8S2. The van der Waals surface area contributed by atoms with E-state index in [1.54, 1.807) is 45.0 Å². The van der Waals surface area contributed by atoms with Crippen molar-refractivity contribution in [2.45, 2.75) is 42.1 Å². The van der Waals surface area contributed by atoms with Crippen molar-refractivity contribution in [3.8, 4) is 0 Å². The molecule has 2 aromatic carbocycles. The van der Waals surface area contributed by atoms with Gasteiger partial charge in [-0.05, 0) is 62.7 Å². The maximum Gasteiger partial charge on any atom is 0.436 e. The summed E-state index contributed by atoms with van der Waals surface area (Å²) >= 11 is 6.06. The first-order chi connectivity index (χ1) is 18.1. The zero-order valence-electron chi connectivity index (χ0n) is 21.0. The molecular weight excluding hydrogens is 570 g/mol. The molecule has 39 heavy (non-hydrogen) atoms. The Balaban J connectivity index is 1.67. The van der Waals surface area contributed by atoms with Crippen molar-refractivity contribution in [1.29, 1.82) is 0 Å². The second-order valence-electron chi connectivity index (χ2n) is 9.44. The van der Waals surface area contributed by atoms with Crippen molar-refractivity contribution in [2.24, 2.45) is 4.99 Å². The highest BCUT2D eigenvalue weighted by Gasteiger charge is 2.26. The number of sulfone groups is 1. The molecule has 1 amide bonds. The normalized spacial score (nSPS) is 13.0. The van der Waals surface area contributed by atoms with Gasteiger partial charge in [0, 0.05) is 22.7 Å². The first kappa shape index (κ1) is 28.2. The summed E-state index contributed by atoms with van der Waals surface area (Å²) in [6.07, 6.45) is 0.131. The second-order valence-corrected chi connectivity index (χ2v) is 13.4. The number of pyridine rings is 1. The molecule has 0 saturated carbocycles. The monoisotopic (exact) mass is 593 g/mol. The number of nitrogens with one attached hydrogen (secondary N) is 1. The number of nitrogens with zero attached hydrogens (tertiary/aromatic N) is 2. The minimum atomic E-state index is -4.33. The topological polar surface area (TPSA) is 157 Å². The van der Waals surface area contributed by atoms with Crippen molar-refractivity contribution in [3.05, 3.63) is 82.9 Å². The highest BCUT2D eigenvalue weighted by Crippen LogP contribution is 2.31. The SMILES string of the molecule is CC(C)(C)OC(=O)/N=c1/cc(CS(=O)(=O)c2ccc(Cl)cc2NS(=O)(=O)c2cc3ccccc3o2)ccn1O. The van der Waals surface area contributed by atoms with E-state index < -0.39 is 42.4 Å². The minimum absolute atomic E-state index is 0.0933. The van der Waals surface area contributed by atoms with Crippen LogP contribution in [0.15, 0.2) is 86.3 Å². The number of rotatable bonds is 6. The Bertz CT molecular complexity index is 1820. The van der Waals surface area contributed by atoms with Gasteiger partial charge in [-0.1, -0.05) is 29.8 Å². The van der Waals surface area contributed by atoms with Gasteiger partial charge in [0.25, 0.3) is 10.0 Å². The van der Waals surface area contributed by atoms with E-state index in [4.69, 9.17) is 20.8 Å². The number of carbonyl (C=O) groups is 1. The lowest BCUT2D eigenvalue weighted by Crippen LogP contribution is -2.26. The van der Waals surface area contributed by atoms with E-state index in [1.165, 1.54) is 36.4 Å². The Hall–Kier alpha value is -3.81. The number of benzene rings is 2. The molecule has 0 aliphatic rings. The largest absolute Gasteiger partial charge is 0.443 e. The van der Waals surface area contributed by atoms with Crippen LogP contribution in [0.5, 0.6) is 0 Å². The van der Waals surface area contributed by atoms with Crippen LogP contribution in [0.1, 0.15) is 26.3 Å². The lowest BCUT2D eigenvalue weighted by Gasteiger charge is -2.17. The fourth-order valence-electron chi connectivity index (χ4n) is 3.51. The minimum Gasteiger partial charge on any atom is -0.443 e. The molecule has 206 valence electrons. The number of fused-ring (bicyclic) bond motifs is 1. The zero-order valence-corrected chi connectivity index (χ0v) is 23.3. The average Bonchev–Trinajstić information content (AvgIpc) is 3.25. The number of ether oxygens (including phenoxy) is 1. The molecule has 11 nitrogen and oxygen atoms in total. The highest BCUT2D eigenvalue weighted by molar-refractivity contribution is 7.93. The van der Waals surface area contributed by atoms with E-state index in [2.05, 4.69) is 9.71 Å². The third-order valence-electron chi connectivity index (χ3n) is 5.12. The Labute approximate surface area is 229 Å². The van der Waals surface area contributed by atoms with E-state index in [-0.39, 0.29) is 26.7 Å². The third kappa shape index (κ3) is 6.80. The third-order valence-corrected chi connectivity index (χ3v) is 8.32. The van der Waals surface area contributed by atoms with Gasteiger partial charge in [0.1, 0.15) is 11.2 Å². The van der Waals surface area contributed by atoms with Crippen LogP contribution in [0.25, 0.3) is 11.0 Å². The molecule has 4 rings (SSSR count). The number of amides is 1. The van der Waals surface area contributed by atoms with E-state index in [1.807, 2.05) is 0 Å². The van der Waals surface area contributed by atoms with Gasteiger partial charge in [-0.25, -0.2) is 13.2 Å². The molecule has 2 N–H and O–H groups in total. The van der Waals surface area contributed by atoms with Crippen molar-refractivity contribution in [3.63, 3.8) is 0 Å². The average molecular weight is 594 g/mol. The van der Waals surface area contributed by atoms with Gasteiger partial charge in [0.05, 0.1) is 16.3 Å². The van der Waals surface area contributed by atoms with Crippen molar-refractivity contribution in [1.82, 2.24) is 4.73 Å². The van der Waals surface area contributed by atoms with Gasteiger partial charge >= 0.3 is 6.09 Å². The Kier molecular flexibility index (Phi) is 7.52. The van der Waals surface area contributed by atoms with E-state index in [0.717, 1.165) is 6.20 Å². The summed E-state index contributed by atoms with van der Waals surface area (Å²) in [7, 11) is -8.52. The number of para-hydroxylation sites is 1. The van der Waals surface area contributed by atoms with Gasteiger partial charge < -0.3 is 14.4 Å². The van der Waals surface area contributed by atoms with Crippen molar-refractivity contribution >= 4 is 54.2 Å². The summed E-state index contributed by atoms with van der Waals surface area (Å²) in [6.45, 7) is 4.92. The number of halogens is 1. The van der Waals surface area contributed by atoms with Crippen molar-refractivity contribution < 1.29 is 36.0 Å². The fourth-order valence-corrected chi connectivity index (χ4v) is 6.28. The fraction of sp³-hybridized carbons (Fsp3) is 0.200. The molecule has 0 aliphatic heterocycles. The first-order valence-corrected chi connectivity index (χ1v) is 14.9. The maximum absolute atomic E-state index is 13.4. The summed E-state index contributed by atoms with van der Waals surface area (Å²) in [5, 5.41) is 10.3. The number of carbonyl (C=O) groups excluding carboxylic acids is 1. The smallest absolute Gasteiger partial charge is 0.436 e. The lowest BCUT2D eigenvalue weighted by molar-refractivity contribution is 0.0587. The van der Waals surface area contributed by atoms with Gasteiger partial charge in [-0.15, -0.1) is 0 Å². The summed E-state index contributed by atoms with van der Waals surface area (Å²) in [5.74, 6) is -0.619. The molecule has 0 aliphatic carbocycles. The molecule has 0 atom stereocenters. The molecule has 4 aromatic rings. The van der Waals surface area contributed by atoms with E-state index in [9.17, 15) is 26.8 Å². The van der Waals surface area contributed by atoms with Crippen LogP contribution in [0.3, 0.4) is 0 Å². The summed E-state index contributed by atoms with van der Waals surface area (Å²) < 4.78 is 66.3. The van der Waals surface area contributed by atoms with Crippen LogP contribution >= 0.6 is 11.6 Å². The first-order valence-electron chi connectivity index (χ1n) is 11.4. The molecule has 0 saturated heterocycles. The Morgan fingerprint density at radius 1 is 1.08 bits per heavy atom. The van der Waals surface area contributed by atoms with E-state index in [0.29, 0.717) is 15.7 Å². The number of hydrogen-bond acceptors (Lipinski definition) is 8. The van der Waals surface area contributed by atoms with Crippen LogP contribution in [-0.2, 0) is 30.4 Å². The maximum atomic E-state index is 13.4. The molecule has 14 heteroatoms. The zero-order chi connectivity index (χ0) is 28.6. The van der Waals surface area contributed by atoms with Crippen LogP contribution in [0, 0.1) is 0 Å². The molecule has 0 spiro atoms. The number of sulfonamides is 1. The molecule has 2 aromatic heterocycles. The number of anilines is 1. The standard InChI is InChI=1S/C25H24ClN3O8S2/c1-25(2,3)37-24(30)27-22-12-16(10-11-29(22)31)15-38(32,33)21-9-8-18(26)14-19(21)28-39(34,35)23-13-17-6-4-5-7-20(17)36-23/h4-14,28,31H,15H2,1-3H3/b27-22-. The lowest BCUT2D eigenvalue weighted by atomic mass is 10.2. The summed E-state index contributed by atoms with van der Waals surface area (Å²) in [5.41, 5.74) is -0.880. The molecule has 0 unspecified atom stereocenters. The van der Waals surface area contributed by atoms with Gasteiger partial charge in [-0.3, -0.25) is 4.72 Å². The molecule has 0 bridgehead atoms. The van der Waals surface area contributed by atoms with Crippen LogP contribution in [0.4, 0.5) is 10.5 Å². The van der Waals surface area contributed by atoms with E-state index >= 15 is 0 Å². The number of hydrogen-bond donors (Lipinski definition) is 2. The molecule has 0 fully saturated rings. The predicted octanol–water partition coefficient (Wildman–Crippen LogP) is 4.74. The predicted molar refractivity (Wildman–Crippen MR) is 143 cm³/mol. The number of furan rings is 1. The second kappa shape index (κ2) is 10.4. The Morgan fingerprint density at radius 3 is 2.49 bits per heavy atom. The molecule has 2 heterocycles. The van der Waals surface area contributed by atoms with Crippen molar-refractivity contribution in [2.75, 3.05) is 4.72 Å². The van der Waals surface area contributed by atoms with Crippen LogP contribution in [0.2, 0.25) is 5.02 Å². The Morgan fingerprint density at radius 2 is 1.79 bits per heavy atom. The molecule has 0 radical (unpaired) electrons. The summed E-state index contributed by atoms with van der Waals surface area (Å²) in [6, 6.07) is 14.1. The van der Waals surface area contributed by atoms with Gasteiger partial charge in [0.2, 0.25) is 5.09 Å². The van der Waals surface area contributed by atoms with Crippen LogP contribution < -0.4 is 10.2 Å². The highest BCUT2D eigenvalue weighted by atomic mass is 35.5. The summed E-state index contributed by atoms with van der Waals surface area (Å²) in [4.78, 5) is 15.4. The van der Waals surface area contributed by atoms with Crippen LogP contribution in [-0.4, -0.2) is 38.5 Å². The van der Waals surface area contributed by atoms with Gasteiger partial charge in [0.15, 0.2) is 15.3 Å².